The molecule has 2 N–H and O–H groups in total. The van der Waals surface area contributed by atoms with Crippen molar-refractivity contribution in [2.45, 2.75) is 6.61 Å². The number of hydrogen-bond acceptors (Lipinski definition) is 4. The number of para-hydroxylation sites is 1. The van der Waals surface area contributed by atoms with E-state index in [9.17, 15) is 9.59 Å². The second-order valence-corrected chi connectivity index (χ2v) is 8.38. The quantitative estimate of drug-likeness (QED) is 0.216. The molecule has 0 aliphatic rings. The summed E-state index contributed by atoms with van der Waals surface area (Å²) in [4.78, 5) is 25.4. The molecule has 4 aromatic carbocycles. The van der Waals surface area contributed by atoms with E-state index in [1.165, 1.54) is 0 Å². The van der Waals surface area contributed by atoms with E-state index in [0.717, 1.165) is 16.9 Å². The van der Waals surface area contributed by atoms with Crippen LogP contribution >= 0.6 is 15.9 Å². The molecule has 0 saturated carbocycles. The Labute approximate surface area is 211 Å². The Morgan fingerprint density at radius 2 is 1.43 bits per heavy atom. The average Bonchev–Trinajstić information content (AvgIpc) is 2.89. The van der Waals surface area contributed by atoms with Gasteiger partial charge in [-0.15, -0.1) is 0 Å². The van der Waals surface area contributed by atoms with Gasteiger partial charge in [-0.05, 0) is 75.6 Å². The van der Waals surface area contributed by atoms with Gasteiger partial charge in [0.05, 0.1) is 23.0 Å². The molecule has 0 spiro atoms. The number of rotatable bonds is 8. The fourth-order valence-electron chi connectivity index (χ4n) is 3.24. The van der Waals surface area contributed by atoms with Crippen molar-refractivity contribution < 1.29 is 14.3 Å². The minimum Gasteiger partial charge on any atom is -0.489 e. The van der Waals surface area contributed by atoms with Gasteiger partial charge >= 0.3 is 0 Å². The molecule has 4 rings (SSSR count). The summed E-state index contributed by atoms with van der Waals surface area (Å²) >= 11 is 3.37. The van der Waals surface area contributed by atoms with Gasteiger partial charge in [-0.25, -0.2) is 5.43 Å². The van der Waals surface area contributed by atoms with Crippen molar-refractivity contribution >= 4 is 39.6 Å². The van der Waals surface area contributed by atoms with Gasteiger partial charge in [-0.3, -0.25) is 9.59 Å². The number of hydrogen-bond donors (Lipinski definition) is 2. The van der Waals surface area contributed by atoms with E-state index in [1.54, 1.807) is 48.7 Å². The maximum Gasteiger partial charge on any atom is 0.273 e. The van der Waals surface area contributed by atoms with Crippen LogP contribution in [0.25, 0.3) is 0 Å². The number of nitrogens with zero attached hydrogens (tertiary/aromatic N) is 1. The molecular formula is C28H22BrN3O3. The zero-order valence-corrected chi connectivity index (χ0v) is 20.2. The topological polar surface area (TPSA) is 79.8 Å². The van der Waals surface area contributed by atoms with Gasteiger partial charge in [0.2, 0.25) is 0 Å². The lowest BCUT2D eigenvalue weighted by molar-refractivity contribution is 0.0956. The highest BCUT2D eigenvalue weighted by atomic mass is 79.9. The third-order valence-corrected chi connectivity index (χ3v) is 5.74. The van der Waals surface area contributed by atoms with E-state index in [0.29, 0.717) is 27.9 Å². The van der Waals surface area contributed by atoms with Gasteiger partial charge in [-0.2, -0.15) is 5.10 Å². The highest BCUT2D eigenvalue weighted by Crippen LogP contribution is 2.20. The van der Waals surface area contributed by atoms with Crippen molar-refractivity contribution in [3.8, 4) is 5.75 Å². The molecule has 35 heavy (non-hydrogen) atoms. The van der Waals surface area contributed by atoms with Crippen molar-refractivity contribution in [3.05, 3.63) is 130 Å². The zero-order valence-electron chi connectivity index (χ0n) is 18.6. The van der Waals surface area contributed by atoms with Crippen molar-refractivity contribution in [3.63, 3.8) is 0 Å². The van der Waals surface area contributed by atoms with E-state index in [-0.39, 0.29) is 5.91 Å². The molecule has 0 aliphatic carbocycles. The highest BCUT2D eigenvalue weighted by molar-refractivity contribution is 9.10. The Bertz CT molecular complexity index is 1340. The van der Waals surface area contributed by atoms with Crippen molar-refractivity contribution in [2.75, 3.05) is 5.32 Å². The van der Waals surface area contributed by atoms with Gasteiger partial charge in [0.1, 0.15) is 12.4 Å². The maximum absolute atomic E-state index is 12.7. The Hall–Kier alpha value is -4.23. The molecule has 0 heterocycles. The molecule has 0 fully saturated rings. The summed E-state index contributed by atoms with van der Waals surface area (Å²) < 4.78 is 6.45. The summed E-state index contributed by atoms with van der Waals surface area (Å²) in [5.74, 6) is -0.0207. The standard InChI is InChI=1S/C28H22BrN3O3/c29-25-12-6-4-10-23(25)27(33)31-26-13-7-5-11-24(26)28(34)32-30-18-20-14-16-22(17-15-20)35-19-21-8-2-1-3-9-21/h1-18H,19H2,(H,31,33)(H,32,34)/b30-18+. The summed E-state index contributed by atoms with van der Waals surface area (Å²) in [7, 11) is 0. The fourth-order valence-corrected chi connectivity index (χ4v) is 3.71. The molecule has 174 valence electrons. The van der Waals surface area contributed by atoms with Crippen LogP contribution in [0.4, 0.5) is 5.69 Å². The first-order valence-corrected chi connectivity index (χ1v) is 11.6. The first kappa shape index (κ1) is 23.9. The van der Waals surface area contributed by atoms with Gasteiger partial charge in [-0.1, -0.05) is 54.6 Å². The molecule has 0 radical (unpaired) electrons. The van der Waals surface area contributed by atoms with Gasteiger partial charge < -0.3 is 10.1 Å². The zero-order chi connectivity index (χ0) is 24.5. The molecule has 0 atom stereocenters. The lowest BCUT2D eigenvalue weighted by atomic mass is 10.1. The number of anilines is 1. The third kappa shape index (κ3) is 6.65. The molecule has 2 amide bonds. The van der Waals surface area contributed by atoms with Crippen LogP contribution in [0.5, 0.6) is 5.75 Å². The van der Waals surface area contributed by atoms with Crippen LogP contribution in [0.1, 0.15) is 31.8 Å². The van der Waals surface area contributed by atoms with Gasteiger partial charge in [0.25, 0.3) is 11.8 Å². The van der Waals surface area contributed by atoms with E-state index >= 15 is 0 Å². The second-order valence-electron chi connectivity index (χ2n) is 7.52. The summed E-state index contributed by atoms with van der Waals surface area (Å²) in [6.07, 6.45) is 1.54. The van der Waals surface area contributed by atoms with Crippen LogP contribution in [0, 0.1) is 0 Å². The van der Waals surface area contributed by atoms with Gasteiger partial charge in [0.15, 0.2) is 0 Å². The van der Waals surface area contributed by atoms with Crippen molar-refractivity contribution in [1.29, 1.82) is 0 Å². The van der Waals surface area contributed by atoms with E-state index in [4.69, 9.17) is 4.74 Å². The first-order chi connectivity index (χ1) is 17.1. The summed E-state index contributed by atoms with van der Waals surface area (Å²) in [6, 6.07) is 31.2. The monoisotopic (exact) mass is 527 g/mol. The van der Waals surface area contributed by atoms with Crippen LogP contribution in [0.3, 0.4) is 0 Å². The van der Waals surface area contributed by atoms with Crippen molar-refractivity contribution in [2.24, 2.45) is 5.10 Å². The highest BCUT2D eigenvalue weighted by Gasteiger charge is 2.15. The van der Waals surface area contributed by atoms with E-state index < -0.39 is 5.91 Å². The Morgan fingerprint density at radius 3 is 2.17 bits per heavy atom. The lowest BCUT2D eigenvalue weighted by Crippen LogP contribution is -2.21. The molecule has 0 aliphatic heterocycles. The third-order valence-electron chi connectivity index (χ3n) is 5.05. The van der Waals surface area contributed by atoms with Crippen LogP contribution < -0.4 is 15.5 Å². The molecule has 0 aromatic heterocycles. The average molecular weight is 528 g/mol. The molecule has 0 unspecified atom stereocenters. The summed E-state index contributed by atoms with van der Waals surface area (Å²) in [6.45, 7) is 0.488. The van der Waals surface area contributed by atoms with Crippen LogP contribution in [0.2, 0.25) is 0 Å². The fraction of sp³-hybridized carbons (Fsp3) is 0.0357. The SMILES string of the molecule is O=C(Nc1ccccc1C(=O)N/N=C/c1ccc(OCc2ccccc2)cc1)c1ccccc1Br. The van der Waals surface area contributed by atoms with Crippen LogP contribution in [-0.4, -0.2) is 18.0 Å². The number of carbonyl (C=O) groups excluding carboxylic acids is 2. The number of hydrazone groups is 1. The molecule has 0 bridgehead atoms. The lowest BCUT2D eigenvalue weighted by Gasteiger charge is -2.11. The predicted molar refractivity (Wildman–Crippen MR) is 141 cm³/mol. The van der Waals surface area contributed by atoms with Crippen LogP contribution in [-0.2, 0) is 6.61 Å². The minimum absolute atomic E-state index is 0.301. The number of benzene rings is 4. The molecule has 0 saturated heterocycles. The Balaban J connectivity index is 1.35. The Kier molecular flexibility index (Phi) is 8.04. The minimum atomic E-state index is -0.438. The number of halogens is 1. The van der Waals surface area contributed by atoms with E-state index in [1.807, 2.05) is 60.7 Å². The number of carbonyl (C=O) groups is 2. The molecule has 6 nitrogen and oxygen atoms in total. The van der Waals surface area contributed by atoms with E-state index in [2.05, 4.69) is 31.8 Å². The first-order valence-electron chi connectivity index (χ1n) is 10.9. The largest absolute Gasteiger partial charge is 0.489 e. The molecule has 7 heteroatoms. The van der Waals surface area contributed by atoms with Crippen LogP contribution in [0.15, 0.2) is 113 Å². The van der Waals surface area contributed by atoms with Gasteiger partial charge in [0, 0.05) is 4.47 Å². The number of ether oxygens (including phenoxy) is 1. The predicted octanol–water partition coefficient (Wildman–Crippen LogP) is 6.04. The molecule has 4 aromatic rings. The number of amides is 2. The van der Waals surface area contributed by atoms with Crippen molar-refractivity contribution in [1.82, 2.24) is 5.43 Å². The summed E-state index contributed by atoms with van der Waals surface area (Å²) in [5, 5.41) is 6.84. The Morgan fingerprint density at radius 1 is 0.771 bits per heavy atom. The summed E-state index contributed by atoms with van der Waals surface area (Å²) in [5.41, 5.74) is 5.56. The normalized spacial score (nSPS) is 10.7. The smallest absolute Gasteiger partial charge is 0.273 e. The second kappa shape index (κ2) is 11.8. The number of nitrogens with one attached hydrogen (secondary N) is 2. The molecular weight excluding hydrogens is 506 g/mol. The maximum atomic E-state index is 12.7.